The molecule has 1 aliphatic heterocycles. The summed E-state index contributed by atoms with van der Waals surface area (Å²) in [6.45, 7) is 5.14. The van der Waals surface area contributed by atoms with Crippen molar-refractivity contribution in [3.05, 3.63) is 17.5 Å². The Kier molecular flexibility index (Phi) is 3.85. The Morgan fingerprint density at radius 3 is 2.83 bits per heavy atom. The first-order valence-electron chi connectivity index (χ1n) is 6.91. The van der Waals surface area contributed by atoms with E-state index in [-0.39, 0.29) is 5.54 Å². The van der Waals surface area contributed by atoms with Crippen molar-refractivity contribution < 1.29 is 4.79 Å². The van der Waals surface area contributed by atoms with Crippen LogP contribution in [0, 0.1) is 0 Å². The molecule has 1 aromatic heterocycles. The molecule has 4 nitrogen and oxygen atoms in total. The lowest BCUT2D eigenvalue weighted by Gasteiger charge is -2.26. The predicted octanol–water partition coefficient (Wildman–Crippen LogP) is 1.63. The third-order valence-corrected chi connectivity index (χ3v) is 4.11. The lowest BCUT2D eigenvalue weighted by atomic mass is 9.87. The van der Waals surface area contributed by atoms with Gasteiger partial charge in [0.2, 0.25) is 0 Å². The fourth-order valence-electron chi connectivity index (χ4n) is 2.79. The summed E-state index contributed by atoms with van der Waals surface area (Å²) < 4.78 is 1.84. The minimum atomic E-state index is -0.281. The maximum atomic E-state index is 12.5. The zero-order valence-corrected chi connectivity index (χ0v) is 11.6. The summed E-state index contributed by atoms with van der Waals surface area (Å²) in [4.78, 5) is 12.5. The number of rotatable bonds is 5. The van der Waals surface area contributed by atoms with Crippen molar-refractivity contribution in [1.82, 2.24) is 15.1 Å². The third kappa shape index (κ3) is 2.34. The molecule has 1 aromatic rings. The van der Waals surface area contributed by atoms with Gasteiger partial charge in [-0.3, -0.25) is 9.48 Å². The molecule has 100 valence electrons. The van der Waals surface area contributed by atoms with Gasteiger partial charge in [0.15, 0.2) is 5.78 Å². The number of hydrogen-bond acceptors (Lipinski definition) is 3. The summed E-state index contributed by atoms with van der Waals surface area (Å²) in [5.41, 5.74) is 1.81. The number of aryl methyl sites for hydroxylation is 2. The summed E-state index contributed by atoms with van der Waals surface area (Å²) >= 11 is 0. The largest absolute Gasteiger partial charge is 0.305 e. The molecule has 0 radical (unpaired) electrons. The summed E-state index contributed by atoms with van der Waals surface area (Å²) in [5, 5.41) is 7.80. The maximum absolute atomic E-state index is 12.5. The first-order valence-corrected chi connectivity index (χ1v) is 6.91. The van der Waals surface area contributed by atoms with Gasteiger partial charge in [0.1, 0.15) is 0 Å². The fourth-order valence-corrected chi connectivity index (χ4v) is 2.79. The van der Waals surface area contributed by atoms with Crippen LogP contribution in [0.5, 0.6) is 0 Å². The van der Waals surface area contributed by atoms with E-state index in [1.165, 1.54) is 0 Å². The molecule has 1 fully saturated rings. The lowest BCUT2D eigenvalue weighted by molar-refractivity contribution is -0.124. The van der Waals surface area contributed by atoms with Crippen LogP contribution in [0.3, 0.4) is 0 Å². The Balaban J connectivity index is 2.12. The van der Waals surface area contributed by atoms with Crippen LogP contribution in [0.15, 0.2) is 6.07 Å². The Labute approximate surface area is 109 Å². The van der Waals surface area contributed by atoms with Crippen LogP contribution in [0.25, 0.3) is 0 Å². The molecule has 2 rings (SSSR count). The number of Topliss-reactive ketones (excluding diaryl/α,β-unsaturated/α-hetero) is 1. The van der Waals surface area contributed by atoms with Gasteiger partial charge in [0.05, 0.1) is 17.7 Å². The van der Waals surface area contributed by atoms with E-state index in [0.29, 0.717) is 12.2 Å². The van der Waals surface area contributed by atoms with E-state index >= 15 is 0 Å². The molecule has 0 saturated carbocycles. The van der Waals surface area contributed by atoms with Crippen LogP contribution in [0.2, 0.25) is 0 Å². The molecule has 0 aromatic carbocycles. The zero-order valence-electron chi connectivity index (χ0n) is 11.6. The smallest absolute Gasteiger partial charge is 0.158 e. The standard InChI is InChI=1S/C14H23N3O/c1-4-11-9-12(17(3)16-11)10-13(18)14(5-2)7-6-8-15-14/h9,15H,4-8,10H2,1-3H3. The summed E-state index contributed by atoms with van der Waals surface area (Å²) in [6.07, 6.45) is 4.36. The molecule has 1 atom stereocenters. The van der Waals surface area contributed by atoms with Crippen molar-refractivity contribution in [2.75, 3.05) is 6.54 Å². The van der Waals surface area contributed by atoms with Crippen molar-refractivity contribution in [3.63, 3.8) is 0 Å². The van der Waals surface area contributed by atoms with E-state index in [0.717, 1.165) is 43.6 Å². The highest BCUT2D eigenvalue weighted by Crippen LogP contribution is 2.25. The van der Waals surface area contributed by atoms with Gasteiger partial charge in [-0.1, -0.05) is 13.8 Å². The van der Waals surface area contributed by atoms with Gasteiger partial charge >= 0.3 is 0 Å². The topological polar surface area (TPSA) is 46.9 Å². The Hall–Kier alpha value is -1.16. The molecule has 4 heteroatoms. The molecule has 0 bridgehead atoms. The number of hydrogen-bond donors (Lipinski definition) is 1. The van der Waals surface area contributed by atoms with Crippen LogP contribution in [-0.4, -0.2) is 27.6 Å². The van der Waals surface area contributed by atoms with E-state index in [9.17, 15) is 4.79 Å². The second kappa shape index (κ2) is 5.22. The summed E-state index contributed by atoms with van der Waals surface area (Å²) in [6, 6.07) is 2.05. The molecular weight excluding hydrogens is 226 g/mol. The van der Waals surface area contributed by atoms with Gasteiger partial charge < -0.3 is 5.32 Å². The van der Waals surface area contributed by atoms with Crippen LogP contribution in [0.4, 0.5) is 0 Å². The Morgan fingerprint density at radius 1 is 1.56 bits per heavy atom. The number of nitrogens with one attached hydrogen (secondary N) is 1. The third-order valence-electron chi connectivity index (χ3n) is 4.11. The molecule has 1 N–H and O–H groups in total. The summed E-state index contributed by atoms with van der Waals surface area (Å²) in [7, 11) is 1.92. The lowest BCUT2D eigenvalue weighted by Crippen LogP contribution is -2.47. The first-order chi connectivity index (χ1) is 8.61. The van der Waals surface area contributed by atoms with Gasteiger partial charge in [0.25, 0.3) is 0 Å². The van der Waals surface area contributed by atoms with Gasteiger partial charge in [-0.05, 0) is 38.3 Å². The molecule has 0 spiro atoms. The van der Waals surface area contributed by atoms with Crippen LogP contribution >= 0.6 is 0 Å². The van der Waals surface area contributed by atoms with E-state index in [2.05, 4.69) is 30.3 Å². The minimum absolute atomic E-state index is 0.281. The van der Waals surface area contributed by atoms with Gasteiger partial charge in [-0.2, -0.15) is 5.10 Å². The van der Waals surface area contributed by atoms with E-state index < -0.39 is 0 Å². The van der Waals surface area contributed by atoms with Crippen LogP contribution in [0.1, 0.15) is 44.5 Å². The monoisotopic (exact) mass is 249 g/mol. The van der Waals surface area contributed by atoms with Crippen LogP contribution < -0.4 is 5.32 Å². The summed E-state index contributed by atoms with van der Waals surface area (Å²) in [5.74, 6) is 0.313. The highest BCUT2D eigenvalue weighted by atomic mass is 16.1. The molecule has 1 aliphatic rings. The van der Waals surface area contributed by atoms with Crippen molar-refractivity contribution in [2.45, 2.75) is 51.5 Å². The molecule has 0 amide bonds. The SMILES string of the molecule is CCc1cc(CC(=O)C2(CC)CCCN2)n(C)n1. The van der Waals surface area contributed by atoms with Crippen LogP contribution in [-0.2, 0) is 24.7 Å². The number of aromatic nitrogens is 2. The Morgan fingerprint density at radius 2 is 2.33 bits per heavy atom. The fraction of sp³-hybridized carbons (Fsp3) is 0.714. The minimum Gasteiger partial charge on any atom is -0.305 e. The maximum Gasteiger partial charge on any atom is 0.158 e. The molecule has 18 heavy (non-hydrogen) atoms. The van der Waals surface area contributed by atoms with Crippen molar-refractivity contribution in [3.8, 4) is 0 Å². The second-order valence-electron chi connectivity index (χ2n) is 5.17. The first kappa shape index (κ1) is 13.3. The van der Waals surface area contributed by atoms with Crippen molar-refractivity contribution in [2.24, 2.45) is 7.05 Å². The normalized spacial score (nSPS) is 23.5. The predicted molar refractivity (Wildman–Crippen MR) is 71.6 cm³/mol. The van der Waals surface area contributed by atoms with E-state index in [1.54, 1.807) is 0 Å². The molecule has 2 heterocycles. The Bertz CT molecular complexity index is 430. The zero-order chi connectivity index (χ0) is 13.2. The average Bonchev–Trinajstić information content (AvgIpc) is 2.97. The van der Waals surface area contributed by atoms with E-state index in [1.807, 2.05) is 11.7 Å². The molecule has 0 aliphatic carbocycles. The highest BCUT2D eigenvalue weighted by molar-refractivity contribution is 5.90. The quantitative estimate of drug-likeness (QED) is 0.862. The average molecular weight is 249 g/mol. The molecular formula is C14H23N3O. The highest BCUT2D eigenvalue weighted by Gasteiger charge is 2.38. The van der Waals surface area contributed by atoms with Crippen molar-refractivity contribution >= 4 is 5.78 Å². The second-order valence-corrected chi connectivity index (χ2v) is 5.17. The molecule has 1 saturated heterocycles. The number of ketones is 1. The van der Waals surface area contributed by atoms with Gasteiger partial charge in [-0.15, -0.1) is 0 Å². The number of carbonyl (C=O) groups excluding carboxylic acids is 1. The van der Waals surface area contributed by atoms with Gasteiger partial charge in [0, 0.05) is 12.7 Å². The number of carbonyl (C=O) groups is 1. The van der Waals surface area contributed by atoms with Gasteiger partial charge in [-0.25, -0.2) is 0 Å². The number of nitrogens with zero attached hydrogens (tertiary/aromatic N) is 2. The molecule has 1 unspecified atom stereocenters. The van der Waals surface area contributed by atoms with E-state index in [4.69, 9.17) is 0 Å². The van der Waals surface area contributed by atoms with Crippen molar-refractivity contribution in [1.29, 1.82) is 0 Å².